The van der Waals surface area contributed by atoms with Gasteiger partial charge in [0.05, 0.1) is 0 Å². The normalized spacial score (nSPS) is 28.3. The van der Waals surface area contributed by atoms with Crippen LogP contribution in [0.3, 0.4) is 0 Å². The van der Waals surface area contributed by atoms with E-state index in [1.54, 1.807) is 11.1 Å². The van der Waals surface area contributed by atoms with Gasteiger partial charge in [0.15, 0.2) is 0 Å². The highest BCUT2D eigenvalue weighted by Crippen LogP contribution is 2.36. The third-order valence-corrected chi connectivity index (χ3v) is 5.34. The fraction of sp³-hybridized carbons (Fsp3) is 0.625. The molecule has 0 saturated carbocycles. The number of likely N-dealkylation sites (tertiary alicyclic amines) is 1. The molecule has 2 atom stereocenters. The number of hydrogen-bond acceptors (Lipinski definition) is 1. The highest BCUT2D eigenvalue weighted by molar-refractivity contribution is 9.09. The molecule has 1 nitrogen and oxygen atoms in total. The molecule has 0 aromatic heterocycles. The van der Waals surface area contributed by atoms with Crippen LogP contribution in [0.4, 0.5) is 0 Å². The first-order valence-electron chi connectivity index (χ1n) is 7.26. The van der Waals surface area contributed by atoms with Gasteiger partial charge in [0.2, 0.25) is 0 Å². The molecule has 0 amide bonds. The maximum absolute atomic E-state index is 3.71. The van der Waals surface area contributed by atoms with Crippen LogP contribution in [0.15, 0.2) is 24.3 Å². The summed E-state index contributed by atoms with van der Waals surface area (Å²) >= 11 is 3.71. The first-order chi connectivity index (χ1) is 8.88. The number of benzene rings is 1. The molecule has 1 saturated heterocycles. The van der Waals surface area contributed by atoms with Gasteiger partial charge in [0.1, 0.15) is 0 Å². The molecular formula is C16H22BrN. The van der Waals surface area contributed by atoms with Crippen molar-refractivity contribution in [1.29, 1.82) is 0 Å². The van der Waals surface area contributed by atoms with E-state index in [2.05, 4.69) is 45.1 Å². The topological polar surface area (TPSA) is 3.24 Å². The summed E-state index contributed by atoms with van der Waals surface area (Å²) < 4.78 is 0. The van der Waals surface area contributed by atoms with E-state index in [0.29, 0.717) is 0 Å². The number of nitrogens with zero attached hydrogens (tertiary/aromatic N) is 1. The summed E-state index contributed by atoms with van der Waals surface area (Å²) in [5.41, 5.74) is 3.18. The van der Waals surface area contributed by atoms with E-state index in [1.807, 2.05) is 0 Å². The zero-order chi connectivity index (χ0) is 12.4. The Kier molecular flexibility index (Phi) is 4.05. The number of hydrogen-bond donors (Lipinski definition) is 0. The Hall–Kier alpha value is -0.340. The first-order valence-corrected chi connectivity index (χ1v) is 8.38. The highest BCUT2D eigenvalue weighted by Gasteiger charge is 2.29. The molecule has 1 aromatic rings. The van der Waals surface area contributed by atoms with E-state index in [9.17, 15) is 0 Å². The van der Waals surface area contributed by atoms with Gasteiger partial charge in [-0.1, -0.05) is 53.0 Å². The van der Waals surface area contributed by atoms with E-state index in [1.165, 1.54) is 45.2 Å². The monoisotopic (exact) mass is 307 g/mol. The molecule has 98 valence electrons. The fourth-order valence-electron chi connectivity index (χ4n) is 3.46. The van der Waals surface area contributed by atoms with Gasteiger partial charge in [0, 0.05) is 23.8 Å². The number of alkyl halides is 1. The third kappa shape index (κ3) is 2.50. The molecule has 2 heteroatoms. The molecule has 2 unspecified atom stereocenters. The summed E-state index contributed by atoms with van der Waals surface area (Å²) in [5.74, 6) is 0.792. The quantitative estimate of drug-likeness (QED) is 0.764. The molecule has 2 aliphatic rings. The van der Waals surface area contributed by atoms with Gasteiger partial charge < -0.3 is 0 Å². The molecule has 1 aliphatic heterocycles. The van der Waals surface area contributed by atoms with Crippen LogP contribution < -0.4 is 0 Å². The SMILES string of the molecule is BrCC1CCCCCN1CC1Cc2ccccc21. The van der Waals surface area contributed by atoms with E-state index in [-0.39, 0.29) is 0 Å². The largest absolute Gasteiger partial charge is 0.299 e. The summed E-state index contributed by atoms with van der Waals surface area (Å²) in [7, 11) is 0. The van der Waals surface area contributed by atoms with Crippen molar-refractivity contribution in [1.82, 2.24) is 4.90 Å². The molecule has 1 fully saturated rings. The minimum Gasteiger partial charge on any atom is -0.299 e. The van der Waals surface area contributed by atoms with Crippen LogP contribution in [0.25, 0.3) is 0 Å². The van der Waals surface area contributed by atoms with Gasteiger partial charge >= 0.3 is 0 Å². The maximum atomic E-state index is 3.71. The predicted molar refractivity (Wildman–Crippen MR) is 80.5 cm³/mol. The van der Waals surface area contributed by atoms with Crippen LogP contribution in [0.2, 0.25) is 0 Å². The van der Waals surface area contributed by atoms with Gasteiger partial charge in [-0.25, -0.2) is 0 Å². The van der Waals surface area contributed by atoms with Crippen LogP contribution in [0, 0.1) is 0 Å². The van der Waals surface area contributed by atoms with Crippen LogP contribution in [-0.4, -0.2) is 29.4 Å². The maximum Gasteiger partial charge on any atom is 0.0192 e. The Bertz CT molecular complexity index is 404. The van der Waals surface area contributed by atoms with E-state index in [4.69, 9.17) is 0 Å². The van der Waals surface area contributed by atoms with Crippen molar-refractivity contribution < 1.29 is 0 Å². The average Bonchev–Trinajstić information content (AvgIpc) is 2.61. The molecule has 0 spiro atoms. The van der Waals surface area contributed by atoms with Crippen molar-refractivity contribution in [2.24, 2.45) is 0 Å². The second-order valence-corrected chi connectivity index (χ2v) is 6.40. The highest BCUT2D eigenvalue weighted by atomic mass is 79.9. The molecular weight excluding hydrogens is 286 g/mol. The van der Waals surface area contributed by atoms with Crippen LogP contribution in [0.5, 0.6) is 0 Å². The molecule has 1 aromatic carbocycles. The summed E-state index contributed by atoms with van der Waals surface area (Å²) in [6, 6.07) is 9.73. The van der Waals surface area contributed by atoms with Crippen LogP contribution in [-0.2, 0) is 6.42 Å². The lowest BCUT2D eigenvalue weighted by molar-refractivity contribution is 0.198. The second-order valence-electron chi connectivity index (χ2n) is 5.75. The van der Waals surface area contributed by atoms with Gasteiger partial charge in [-0.05, 0) is 36.9 Å². The Morgan fingerprint density at radius 2 is 2.06 bits per heavy atom. The third-order valence-electron chi connectivity index (χ3n) is 4.59. The smallest absolute Gasteiger partial charge is 0.0192 e. The Morgan fingerprint density at radius 3 is 2.89 bits per heavy atom. The van der Waals surface area contributed by atoms with E-state index in [0.717, 1.165) is 17.3 Å². The van der Waals surface area contributed by atoms with Gasteiger partial charge in [-0.3, -0.25) is 4.90 Å². The van der Waals surface area contributed by atoms with Crippen molar-refractivity contribution >= 4 is 15.9 Å². The Balaban J connectivity index is 1.65. The van der Waals surface area contributed by atoms with Crippen molar-refractivity contribution in [3.05, 3.63) is 35.4 Å². The minimum atomic E-state index is 0.764. The number of rotatable bonds is 3. The number of fused-ring (bicyclic) bond motifs is 1. The number of halogens is 1. The lowest BCUT2D eigenvalue weighted by Gasteiger charge is -2.37. The van der Waals surface area contributed by atoms with Crippen molar-refractivity contribution in [2.45, 2.75) is 44.1 Å². The van der Waals surface area contributed by atoms with E-state index >= 15 is 0 Å². The van der Waals surface area contributed by atoms with Crippen LogP contribution >= 0.6 is 15.9 Å². The standard InChI is InChI=1S/C16H22BrN/c17-11-15-7-2-1-5-9-18(15)12-14-10-13-6-3-4-8-16(13)14/h3-4,6,8,14-15H,1-2,5,7,9-12H2. The zero-order valence-electron chi connectivity index (χ0n) is 10.9. The minimum absolute atomic E-state index is 0.764. The summed E-state index contributed by atoms with van der Waals surface area (Å²) in [4.78, 5) is 2.74. The molecule has 0 bridgehead atoms. The van der Waals surface area contributed by atoms with Crippen molar-refractivity contribution in [3.8, 4) is 0 Å². The van der Waals surface area contributed by atoms with E-state index < -0.39 is 0 Å². The summed E-state index contributed by atoms with van der Waals surface area (Å²) in [6.07, 6.45) is 6.88. The average molecular weight is 308 g/mol. The molecule has 1 heterocycles. The summed E-state index contributed by atoms with van der Waals surface area (Å²) in [5, 5.41) is 1.14. The lowest BCUT2D eigenvalue weighted by atomic mass is 9.77. The van der Waals surface area contributed by atoms with Gasteiger partial charge in [-0.2, -0.15) is 0 Å². The molecule has 0 radical (unpaired) electrons. The second kappa shape index (κ2) is 5.75. The zero-order valence-corrected chi connectivity index (χ0v) is 12.5. The summed E-state index contributed by atoms with van der Waals surface area (Å²) in [6.45, 7) is 2.57. The van der Waals surface area contributed by atoms with Crippen molar-refractivity contribution in [2.75, 3.05) is 18.4 Å². The molecule has 0 N–H and O–H groups in total. The Morgan fingerprint density at radius 1 is 1.17 bits per heavy atom. The van der Waals surface area contributed by atoms with Crippen LogP contribution in [0.1, 0.15) is 42.7 Å². The Labute approximate surface area is 119 Å². The fourth-order valence-corrected chi connectivity index (χ4v) is 4.19. The molecule has 3 rings (SSSR count). The van der Waals surface area contributed by atoms with Gasteiger partial charge in [0.25, 0.3) is 0 Å². The van der Waals surface area contributed by atoms with Gasteiger partial charge in [-0.15, -0.1) is 0 Å². The lowest BCUT2D eigenvalue weighted by Crippen LogP contribution is -2.41. The van der Waals surface area contributed by atoms with Crippen molar-refractivity contribution in [3.63, 3.8) is 0 Å². The first kappa shape index (κ1) is 12.7. The molecule has 18 heavy (non-hydrogen) atoms. The molecule has 1 aliphatic carbocycles. The predicted octanol–water partition coefficient (Wildman–Crippen LogP) is 3.97.